The first kappa shape index (κ1) is 19.5. The fraction of sp³-hybridized carbons (Fsp3) is 0.190. The summed E-state index contributed by atoms with van der Waals surface area (Å²) in [5, 5.41) is 2.85. The highest BCUT2D eigenvalue weighted by Gasteiger charge is 2.30. The zero-order chi connectivity index (χ0) is 20.5. The smallest absolute Gasteiger partial charge is 0.322 e. The lowest BCUT2D eigenvalue weighted by molar-refractivity contribution is -0.137. The van der Waals surface area contributed by atoms with Gasteiger partial charge in [0.15, 0.2) is 5.82 Å². The summed E-state index contributed by atoms with van der Waals surface area (Å²) < 4.78 is 38.1. The molecule has 1 N–H and O–H groups in total. The number of aryl methyl sites for hydroxylation is 3. The first-order valence-corrected chi connectivity index (χ1v) is 8.55. The van der Waals surface area contributed by atoms with Gasteiger partial charge in [0.2, 0.25) is 0 Å². The summed E-state index contributed by atoms with van der Waals surface area (Å²) in [6.45, 7) is 5.49. The van der Waals surface area contributed by atoms with Crippen LogP contribution in [0.15, 0.2) is 48.7 Å². The van der Waals surface area contributed by atoms with Crippen molar-refractivity contribution >= 4 is 11.6 Å². The molecule has 0 spiro atoms. The number of benzene rings is 2. The molecule has 0 saturated carbocycles. The van der Waals surface area contributed by atoms with Crippen LogP contribution < -0.4 is 5.32 Å². The minimum atomic E-state index is -4.40. The van der Waals surface area contributed by atoms with Gasteiger partial charge in [-0.05, 0) is 50.1 Å². The zero-order valence-corrected chi connectivity index (χ0v) is 15.6. The van der Waals surface area contributed by atoms with Gasteiger partial charge in [0.1, 0.15) is 0 Å². The third-order valence-corrected chi connectivity index (χ3v) is 4.34. The predicted octanol–water partition coefficient (Wildman–Crippen LogP) is 5.34. The van der Waals surface area contributed by atoms with E-state index in [9.17, 15) is 18.0 Å². The molecule has 0 aliphatic carbocycles. The number of anilines is 1. The van der Waals surface area contributed by atoms with E-state index >= 15 is 0 Å². The number of rotatable bonds is 3. The molecule has 0 fully saturated rings. The molecule has 144 valence electrons. The van der Waals surface area contributed by atoms with E-state index in [1.165, 1.54) is 18.3 Å². The fourth-order valence-electron chi connectivity index (χ4n) is 2.70. The molecule has 1 aromatic heterocycles. The van der Waals surface area contributed by atoms with Crippen LogP contribution >= 0.6 is 0 Å². The first-order valence-electron chi connectivity index (χ1n) is 8.55. The summed E-state index contributed by atoms with van der Waals surface area (Å²) in [4.78, 5) is 21.0. The van der Waals surface area contributed by atoms with Crippen LogP contribution in [0, 0.1) is 20.8 Å². The SMILES string of the molecule is Cc1ccc(C)c(NC(=O)c2cnc(-c3ccc(C(F)(F)F)cc3)nc2C)c1. The largest absolute Gasteiger partial charge is 0.416 e. The van der Waals surface area contributed by atoms with Gasteiger partial charge in [0.25, 0.3) is 5.91 Å². The molecule has 0 bridgehead atoms. The fourth-order valence-corrected chi connectivity index (χ4v) is 2.70. The number of alkyl halides is 3. The normalized spacial score (nSPS) is 11.4. The average molecular weight is 385 g/mol. The minimum Gasteiger partial charge on any atom is -0.322 e. The second-order valence-electron chi connectivity index (χ2n) is 6.54. The molecular weight excluding hydrogens is 367 g/mol. The maximum Gasteiger partial charge on any atom is 0.416 e. The molecule has 1 amide bonds. The topological polar surface area (TPSA) is 54.9 Å². The Morgan fingerprint density at radius 3 is 2.29 bits per heavy atom. The van der Waals surface area contributed by atoms with Gasteiger partial charge in [-0.25, -0.2) is 9.97 Å². The van der Waals surface area contributed by atoms with Gasteiger partial charge >= 0.3 is 6.18 Å². The molecule has 0 unspecified atom stereocenters. The predicted molar refractivity (Wildman–Crippen MR) is 101 cm³/mol. The van der Waals surface area contributed by atoms with Gasteiger partial charge in [0.05, 0.1) is 16.8 Å². The number of nitrogens with one attached hydrogen (secondary N) is 1. The van der Waals surface area contributed by atoms with Crippen LogP contribution in [0.2, 0.25) is 0 Å². The second-order valence-corrected chi connectivity index (χ2v) is 6.54. The lowest BCUT2D eigenvalue weighted by Gasteiger charge is -2.11. The van der Waals surface area contributed by atoms with Crippen LogP contribution in [0.25, 0.3) is 11.4 Å². The number of halogens is 3. The van der Waals surface area contributed by atoms with Crippen LogP contribution in [-0.2, 0) is 6.18 Å². The van der Waals surface area contributed by atoms with Gasteiger partial charge < -0.3 is 5.32 Å². The molecule has 3 rings (SSSR count). The second kappa shape index (κ2) is 7.42. The van der Waals surface area contributed by atoms with Gasteiger partial charge in [-0.3, -0.25) is 4.79 Å². The Kier molecular flexibility index (Phi) is 5.18. The summed E-state index contributed by atoms with van der Waals surface area (Å²) in [6.07, 6.45) is -3.01. The van der Waals surface area contributed by atoms with Gasteiger partial charge in [0, 0.05) is 17.4 Å². The number of carbonyl (C=O) groups is 1. The number of carbonyl (C=O) groups excluding carboxylic acids is 1. The first-order chi connectivity index (χ1) is 13.1. The number of hydrogen-bond acceptors (Lipinski definition) is 3. The van der Waals surface area contributed by atoms with E-state index < -0.39 is 11.7 Å². The number of aromatic nitrogens is 2. The quantitative estimate of drug-likeness (QED) is 0.662. The Hall–Kier alpha value is -3.22. The zero-order valence-electron chi connectivity index (χ0n) is 15.6. The number of nitrogens with zero attached hydrogens (tertiary/aromatic N) is 2. The summed E-state index contributed by atoms with van der Waals surface area (Å²) in [5.74, 6) is -0.0836. The van der Waals surface area contributed by atoms with Crippen molar-refractivity contribution in [1.82, 2.24) is 9.97 Å². The molecule has 1 heterocycles. The Bertz CT molecular complexity index is 1030. The van der Waals surface area contributed by atoms with E-state index in [4.69, 9.17) is 0 Å². The number of hydrogen-bond donors (Lipinski definition) is 1. The number of amides is 1. The van der Waals surface area contributed by atoms with E-state index in [1.807, 2.05) is 32.0 Å². The Labute approximate surface area is 160 Å². The van der Waals surface area contributed by atoms with Crippen LogP contribution in [0.1, 0.15) is 32.7 Å². The van der Waals surface area contributed by atoms with E-state index in [1.54, 1.807) is 6.92 Å². The Morgan fingerprint density at radius 1 is 1.00 bits per heavy atom. The highest BCUT2D eigenvalue weighted by Crippen LogP contribution is 2.30. The van der Waals surface area contributed by atoms with E-state index in [0.717, 1.165) is 23.3 Å². The van der Waals surface area contributed by atoms with Crippen molar-refractivity contribution in [3.8, 4) is 11.4 Å². The van der Waals surface area contributed by atoms with Crippen molar-refractivity contribution in [3.63, 3.8) is 0 Å². The lowest BCUT2D eigenvalue weighted by atomic mass is 10.1. The van der Waals surface area contributed by atoms with Crippen LogP contribution in [-0.4, -0.2) is 15.9 Å². The maximum atomic E-state index is 12.7. The lowest BCUT2D eigenvalue weighted by Crippen LogP contribution is -2.15. The van der Waals surface area contributed by atoms with Crippen molar-refractivity contribution < 1.29 is 18.0 Å². The molecule has 0 saturated heterocycles. The standard InChI is InChI=1S/C21H18F3N3O/c1-12-4-5-13(2)18(10-12)27-20(28)17-11-25-19(26-14(17)3)15-6-8-16(9-7-15)21(22,23)24/h4-11H,1-3H3,(H,27,28). The third-order valence-electron chi connectivity index (χ3n) is 4.34. The van der Waals surface area contributed by atoms with Gasteiger partial charge in [-0.15, -0.1) is 0 Å². The van der Waals surface area contributed by atoms with Crippen molar-refractivity contribution in [2.24, 2.45) is 0 Å². The summed E-state index contributed by atoms with van der Waals surface area (Å²) in [7, 11) is 0. The van der Waals surface area contributed by atoms with E-state index in [-0.39, 0.29) is 11.7 Å². The minimum absolute atomic E-state index is 0.259. The van der Waals surface area contributed by atoms with E-state index in [2.05, 4.69) is 15.3 Å². The third kappa shape index (κ3) is 4.19. The van der Waals surface area contributed by atoms with Crippen LogP contribution in [0.3, 0.4) is 0 Å². The monoisotopic (exact) mass is 385 g/mol. The van der Waals surface area contributed by atoms with Gasteiger partial charge in [-0.2, -0.15) is 13.2 Å². The molecule has 3 aromatic rings. The molecule has 0 aliphatic heterocycles. The Balaban J connectivity index is 1.84. The molecule has 4 nitrogen and oxygen atoms in total. The molecule has 7 heteroatoms. The van der Waals surface area contributed by atoms with E-state index in [0.29, 0.717) is 22.5 Å². The molecule has 2 aromatic carbocycles. The highest BCUT2D eigenvalue weighted by molar-refractivity contribution is 6.05. The molecule has 28 heavy (non-hydrogen) atoms. The van der Waals surface area contributed by atoms with Crippen LogP contribution in [0.5, 0.6) is 0 Å². The molecule has 0 atom stereocenters. The highest BCUT2D eigenvalue weighted by atomic mass is 19.4. The average Bonchev–Trinajstić information content (AvgIpc) is 2.64. The van der Waals surface area contributed by atoms with Crippen molar-refractivity contribution in [1.29, 1.82) is 0 Å². The summed E-state index contributed by atoms with van der Waals surface area (Å²) in [6, 6.07) is 10.3. The van der Waals surface area contributed by atoms with Crippen LogP contribution in [0.4, 0.5) is 18.9 Å². The van der Waals surface area contributed by atoms with Crippen molar-refractivity contribution in [2.75, 3.05) is 5.32 Å². The van der Waals surface area contributed by atoms with Crippen molar-refractivity contribution in [2.45, 2.75) is 26.9 Å². The molecular formula is C21H18F3N3O. The Morgan fingerprint density at radius 2 is 1.68 bits per heavy atom. The summed E-state index contributed by atoms with van der Waals surface area (Å²) >= 11 is 0. The summed E-state index contributed by atoms with van der Waals surface area (Å²) in [5.41, 5.74) is 3.10. The van der Waals surface area contributed by atoms with Crippen molar-refractivity contribution in [3.05, 3.63) is 76.6 Å². The molecule has 0 aliphatic rings. The van der Waals surface area contributed by atoms with Gasteiger partial charge in [-0.1, -0.05) is 24.3 Å². The molecule has 0 radical (unpaired) electrons. The maximum absolute atomic E-state index is 12.7.